The zero-order valence-electron chi connectivity index (χ0n) is 46.2. The minimum absolute atomic E-state index is 0.0440. The lowest BCUT2D eigenvalue weighted by Gasteiger charge is -2.29. The normalized spacial score (nSPS) is 17.8. The molecule has 0 bridgehead atoms. The summed E-state index contributed by atoms with van der Waals surface area (Å²) in [6, 6.07) is 7.95. The average molecular weight is 1170 g/mol. The number of ether oxygens (including phenoxy) is 3. The monoisotopic (exact) mass is 1170 g/mol. The number of methoxy groups -OCH3 is 3. The van der Waals surface area contributed by atoms with E-state index < -0.39 is 23.9 Å². The molecule has 0 amide bonds. The third-order valence-corrected chi connectivity index (χ3v) is 14.7. The predicted molar refractivity (Wildman–Crippen MR) is 309 cm³/mol. The van der Waals surface area contributed by atoms with Gasteiger partial charge in [-0.05, 0) is 158 Å². The number of nitrogens with zero attached hydrogens (tertiary/aromatic N) is 10. The number of carbonyl (C=O) groups excluding carboxylic acids is 3. The van der Waals surface area contributed by atoms with Crippen molar-refractivity contribution < 1.29 is 38.5 Å². The van der Waals surface area contributed by atoms with Crippen molar-refractivity contribution in [3.63, 3.8) is 0 Å². The van der Waals surface area contributed by atoms with Gasteiger partial charge in [-0.3, -0.25) is 0 Å². The van der Waals surface area contributed by atoms with Gasteiger partial charge in [-0.2, -0.15) is 9.97 Å². The summed E-state index contributed by atoms with van der Waals surface area (Å²) in [7, 11) is 3.92. The third kappa shape index (κ3) is 21.5. The molecule has 4 aliphatic carbocycles. The Labute approximate surface area is 483 Å². The fraction of sp³-hybridized carbons (Fsp3) is 0.630. The van der Waals surface area contributed by atoms with Crippen LogP contribution in [0.15, 0.2) is 24.3 Å². The number of esters is 3. The molecule has 0 aromatic carbocycles. The molecule has 0 atom stereocenters. The number of halogens is 3. The molecule has 7 aliphatic rings. The summed E-state index contributed by atoms with van der Waals surface area (Å²) in [5, 5.41) is 22.5. The molecule has 80 heavy (non-hydrogen) atoms. The van der Waals surface area contributed by atoms with Crippen LogP contribution in [0.2, 0.25) is 15.7 Å². The molecule has 26 heteroatoms. The maximum atomic E-state index is 11.8. The summed E-state index contributed by atoms with van der Waals surface area (Å²) >= 11 is 16.7. The van der Waals surface area contributed by atoms with E-state index in [0.29, 0.717) is 53.4 Å². The lowest BCUT2D eigenvalue weighted by atomic mass is 9.93. The SMILES string of the molecule is C1CCNCC1.COC(=O)c1cc(Cl)nc(Cl)n1.COC(=O)c1cc(NC2CCC2)nc(Cl)n1.COC(=O)c1cc(NC2CCC2)nc(N2CCCCC2)n1.NC1CCC1.O=C(O)c1cc(NC2CCC2)nc(N2CCCCC2)n1. The fourth-order valence-corrected chi connectivity index (χ4v) is 9.22. The number of anilines is 5. The zero-order chi connectivity index (χ0) is 57.2. The third-order valence-electron chi connectivity index (χ3n) is 14.2. The molecule has 3 aliphatic heterocycles. The molecule has 7 heterocycles. The van der Waals surface area contributed by atoms with Gasteiger partial charge >= 0.3 is 23.9 Å². The predicted octanol–water partition coefficient (Wildman–Crippen LogP) is 9.06. The number of carboxylic acid groups (broad SMARTS) is 1. The first kappa shape index (κ1) is 63.2. The van der Waals surface area contributed by atoms with E-state index in [-0.39, 0.29) is 32.8 Å². The number of piperidine rings is 3. The summed E-state index contributed by atoms with van der Waals surface area (Å²) < 4.78 is 13.8. The number of nitrogens with one attached hydrogen (secondary N) is 4. The second-order valence-electron chi connectivity index (χ2n) is 20.3. The highest BCUT2D eigenvalue weighted by molar-refractivity contribution is 6.32. The quantitative estimate of drug-likeness (QED) is 0.0333. The first-order chi connectivity index (χ1) is 38.7. The van der Waals surface area contributed by atoms with Gasteiger partial charge in [-0.15, -0.1) is 0 Å². The Kier molecular flexibility index (Phi) is 26.6. The van der Waals surface area contributed by atoms with Crippen LogP contribution in [-0.4, -0.2) is 154 Å². The second-order valence-corrected chi connectivity index (χ2v) is 21.4. The Morgan fingerprint density at radius 3 is 1.16 bits per heavy atom. The van der Waals surface area contributed by atoms with Crippen molar-refractivity contribution in [3.8, 4) is 0 Å². The van der Waals surface area contributed by atoms with Crippen LogP contribution in [0.3, 0.4) is 0 Å². The minimum Gasteiger partial charge on any atom is -0.477 e. The van der Waals surface area contributed by atoms with Crippen LogP contribution >= 0.6 is 34.8 Å². The average Bonchev–Trinajstić information content (AvgIpc) is 3.47. The van der Waals surface area contributed by atoms with E-state index in [2.05, 4.69) is 80.4 Å². The van der Waals surface area contributed by atoms with Crippen LogP contribution in [0.25, 0.3) is 0 Å². The van der Waals surface area contributed by atoms with Crippen molar-refractivity contribution in [1.29, 1.82) is 0 Å². The molecule has 7 N–H and O–H groups in total. The van der Waals surface area contributed by atoms with Gasteiger partial charge in [0.2, 0.25) is 22.5 Å². The highest BCUT2D eigenvalue weighted by Crippen LogP contribution is 2.27. The van der Waals surface area contributed by atoms with Crippen LogP contribution in [-0.2, 0) is 14.2 Å². The number of hydrogen-bond acceptors (Lipinski definition) is 22. The van der Waals surface area contributed by atoms with Crippen LogP contribution in [0.1, 0.15) is 177 Å². The van der Waals surface area contributed by atoms with Gasteiger partial charge in [-0.25, -0.2) is 49.1 Å². The molecule has 7 fully saturated rings. The van der Waals surface area contributed by atoms with E-state index in [1.54, 1.807) is 12.1 Å². The van der Waals surface area contributed by atoms with Crippen molar-refractivity contribution in [1.82, 2.24) is 45.2 Å². The van der Waals surface area contributed by atoms with Gasteiger partial charge in [0.15, 0.2) is 22.8 Å². The first-order valence-electron chi connectivity index (χ1n) is 28.0. The highest BCUT2D eigenvalue weighted by Gasteiger charge is 2.24. The second kappa shape index (κ2) is 33.7. The number of rotatable bonds is 12. The summed E-state index contributed by atoms with van der Waals surface area (Å²) in [5.74, 6) is 0.617. The highest BCUT2D eigenvalue weighted by atomic mass is 35.5. The Balaban J connectivity index is 0.000000163. The van der Waals surface area contributed by atoms with Crippen molar-refractivity contribution in [2.75, 3.05) is 86.3 Å². The molecular formula is C54H78Cl3N15O8. The number of carboxylic acids is 1. The van der Waals surface area contributed by atoms with Gasteiger partial charge in [0, 0.05) is 74.6 Å². The molecule has 0 unspecified atom stereocenters. The first-order valence-corrected chi connectivity index (χ1v) is 29.1. The summed E-state index contributed by atoms with van der Waals surface area (Å²) in [6.07, 6.45) is 25.7. The summed E-state index contributed by atoms with van der Waals surface area (Å²) in [5.41, 5.74) is 5.99. The molecular weight excluding hydrogens is 1090 g/mol. The molecule has 4 saturated carbocycles. The Morgan fingerprint density at radius 2 is 0.838 bits per heavy atom. The topological polar surface area (TPSA) is 300 Å². The lowest BCUT2D eigenvalue weighted by Crippen LogP contribution is -2.32. The van der Waals surface area contributed by atoms with Crippen LogP contribution in [0.5, 0.6) is 0 Å². The molecule has 0 radical (unpaired) electrons. The van der Waals surface area contributed by atoms with Crippen LogP contribution in [0, 0.1) is 0 Å². The number of aromatic carboxylic acids is 1. The Hall–Kier alpha value is -6.01. The molecule has 4 aromatic rings. The molecule has 11 rings (SSSR count). The standard InChI is InChI=1S/C15H22N4O2.C14H20N4O2.C10H12ClN3O2.C6H4Cl2N2O2.C5H11N.C4H9N/c1-21-14(20)12-10-13(16-11-6-5-7-11)18-15(17-12)19-8-3-2-4-9-19;19-13(20)11-9-12(15-10-5-4-6-10)17-14(16-11)18-7-2-1-3-8-18;1-16-9(15)7-5-8(14-10(11)13-7)12-6-3-2-4-6;1-12-5(11)3-2-4(7)10-6(8)9-3;1-2-4-6-5-3-1;5-4-2-1-3-4/h10-11H,2-9H2,1H3,(H,16,17,18);9-10H,1-8H2,(H,19,20)(H,15,16,17);5-6H,2-4H2,1H3,(H,12,13,14);2H,1H3;6H,1-5H2;4H,1-3,5H2. The van der Waals surface area contributed by atoms with Gasteiger partial charge in [-0.1, -0.05) is 24.4 Å². The van der Waals surface area contributed by atoms with Crippen molar-refractivity contribution >= 4 is 88.0 Å². The molecule has 23 nitrogen and oxygen atoms in total. The van der Waals surface area contributed by atoms with Crippen LogP contribution < -0.4 is 36.8 Å². The number of carbonyl (C=O) groups is 4. The van der Waals surface area contributed by atoms with E-state index in [1.165, 1.54) is 117 Å². The largest absolute Gasteiger partial charge is 0.477 e. The number of nitrogens with two attached hydrogens (primary N) is 1. The zero-order valence-corrected chi connectivity index (χ0v) is 48.5. The molecule has 438 valence electrons. The van der Waals surface area contributed by atoms with Crippen LogP contribution in [0.4, 0.5) is 29.4 Å². The van der Waals surface area contributed by atoms with E-state index in [1.807, 2.05) is 0 Å². The molecule has 3 saturated heterocycles. The van der Waals surface area contributed by atoms with Crippen molar-refractivity contribution in [2.24, 2.45) is 5.73 Å². The fourth-order valence-electron chi connectivity index (χ4n) is 8.63. The van der Waals surface area contributed by atoms with Gasteiger partial charge < -0.3 is 56.1 Å². The van der Waals surface area contributed by atoms with Gasteiger partial charge in [0.1, 0.15) is 22.6 Å². The Morgan fingerprint density at radius 1 is 0.487 bits per heavy atom. The molecule has 4 aromatic heterocycles. The van der Waals surface area contributed by atoms with Gasteiger partial charge in [0.25, 0.3) is 0 Å². The maximum absolute atomic E-state index is 11.8. The molecule has 0 spiro atoms. The van der Waals surface area contributed by atoms with E-state index in [9.17, 15) is 24.3 Å². The van der Waals surface area contributed by atoms with E-state index in [0.717, 1.165) is 96.2 Å². The smallest absolute Gasteiger partial charge is 0.356 e. The van der Waals surface area contributed by atoms with E-state index >= 15 is 0 Å². The van der Waals surface area contributed by atoms with Crippen molar-refractivity contribution in [2.45, 2.75) is 159 Å². The van der Waals surface area contributed by atoms with Crippen molar-refractivity contribution in [3.05, 3.63) is 62.8 Å². The number of aromatic nitrogens is 8. The summed E-state index contributed by atoms with van der Waals surface area (Å²) in [4.78, 5) is 82.1. The summed E-state index contributed by atoms with van der Waals surface area (Å²) in [6.45, 7) is 6.22. The van der Waals surface area contributed by atoms with E-state index in [4.69, 9.17) is 45.3 Å². The lowest BCUT2D eigenvalue weighted by molar-refractivity contribution is 0.0585. The maximum Gasteiger partial charge on any atom is 0.356 e. The Bertz CT molecular complexity index is 2560. The van der Waals surface area contributed by atoms with Gasteiger partial charge in [0.05, 0.1) is 21.3 Å². The minimum atomic E-state index is -0.998. The number of hydrogen-bond donors (Lipinski definition) is 6.